The third-order valence-corrected chi connectivity index (χ3v) is 3.34. The quantitative estimate of drug-likeness (QED) is 0.785. The Kier molecular flexibility index (Phi) is 3.42. The molecular weight excluding hydrogens is 227 g/mol. The number of rotatable bonds is 3. The van der Waals surface area contributed by atoms with Gasteiger partial charge in [-0.1, -0.05) is 20.8 Å². The van der Waals surface area contributed by atoms with Gasteiger partial charge in [-0.25, -0.2) is 9.37 Å². The molecule has 98 valence electrons. The van der Waals surface area contributed by atoms with Crippen LogP contribution in [-0.2, 0) is 6.42 Å². The van der Waals surface area contributed by atoms with E-state index in [0.29, 0.717) is 17.5 Å². The molecule has 0 radical (unpaired) electrons. The minimum absolute atomic E-state index is 0.203. The van der Waals surface area contributed by atoms with Gasteiger partial charge >= 0.3 is 0 Å². The standard InChI is InChI=1S/C15H21FN2/c1-6-14-17-15-12(16)7-11(9(2)3)8-13(15)18(14)10(4)5/h7-10H,6H2,1-5H3. The second kappa shape index (κ2) is 4.71. The van der Waals surface area contributed by atoms with Gasteiger partial charge < -0.3 is 4.57 Å². The van der Waals surface area contributed by atoms with Crippen LogP contribution >= 0.6 is 0 Å². The van der Waals surface area contributed by atoms with Crippen molar-refractivity contribution in [1.29, 1.82) is 0 Å². The molecule has 0 unspecified atom stereocenters. The van der Waals surface area contributed by atoms with Gasteiger partial charge in [0, 0.05) is 12.5 Å². The second-order valence-electron chi connectivity index (χ2n) is 5.37. The van der Waals surface area contributed by atoms with Crippen LogP contribution in [0.15, 0.2) is 12.1 Å². The van der Waals surface area contributed by atoms with Gasteiger partial charge in [0.05, 0.1) is 5.52 Å². The third kappa shape index (κ3) is 2.02. The Hall–Kier alpha value is -1.38. The fraction of sp³-hybridized carbons (Fsp3) is 0.533. The molecule has 0 bridgehead atoms. The van der Waals surface area contributed by atoms with Crippen LogP contribution in [-0.4, -0.2) is 9.55 Å². The number of benzene rings is 1. The highest BCUT2D eigenvalue weighted by Gasteiger charge is 2.16. The second-order valence-corrected chi connectivity index (χ2v) is 5.37. The van der Waals surface area contributed by atoms with Crippen LogP contribution in [0.1, 0.15) is 58.0 Å². The van der Waals surface area contributed by atoms with Crippen LogP contribution in [0.2, 0.25) is 0 Å². The molecule has 1 heterocycles. The number of halogens is 1. The number of nitrogens with zero attached hydrogens (tertiary/aromatic N) is 2. The maximum atomic E-state index is 14.1. The first-order valence-corrected chi connectivity index (χ1v) is 6.66. The summed E-state index contributed by atoms with van der Waals surface area (Å²) >= 11 is 0. The van der Waals surface area contributed by atoms with Crippen molar-refractivity contribution in [3.05, 3.63) is 29.3 Å². The molecule has 0 aliphatic carbocycles. The minimum Gasteiger partial charge on any atom is -0.325 e. The lowest BCUT2D eigenvalue weighted by molar-refractivity contribution is 0.588. The Labute approximate surface area is 108 Å². The number of hydrogen-bond donors (Lipinski definition) is 0. The van der Waals surface area contributed by atoms with E-state index in [9.17, 15) is 4.39 Å². The smallest absolute Gasteiger partial charge is 0.151 e. The van der Waals surface area contributed by atoms with Crippen molar-refractivity contribution in [2.24, 2.45) is 0 Å². The summed E-state index contributed by atoms with van der Waals surface area (Å²) in [5.41, 5.74) is 2.46. The van der Waals surface area contributed by atoms with Crippen LogP contribution in [0, 0.1) is 5.82 Å². The van der Waals surface area contributed by atoms with Crippen LogP contribution < -0.4 is 0 Å². The Morgan fingerprint density at radius 3 is 2.39 bits per heavy atom. The molecule has 2 rings (SSSR count). The van der Waals surface area contributed by atoms with Crippen LogP contribution in [0.4, 0.5) is 4.39 Å². The normalized spacial score (nSPS) is 12.0. The molecule has 0 aliphatic heterocycles. The van der Waals surface area contributed by atoms with Crippen molar-refractivity contribution >= 4 is 11.0 Å². The van der Waals surface area contributed by atoms with Crippen molar-refractivity contribution < 1.29 is 4.39 Å². The van der Waals surface area contributed by atoms with Gasteiger partial charge in [-0.2, -0.15) is 0 Å². The fourth-order valence-electron chi connectivity index (χ4n) is 2.38. The van der Waals surface area contributed by atoms with Gasteiger partial charge in [0.2, 0.25) is 0 Å². The summed E-state index contributed by atoms with van der Waals surface area (Å²) in [7, 11) is 0. The fourth-order valence-corrected chi connectivity index (χ4v) is 2.38. The summed E-state index contributed by atoms with van der Waals surface area (Å²) in [5.74, 6) is 1.08. The lowest BCUT2D eigenvalue weighted by Crippen LogP contribution is -2.05. The Morgan fingerprint density at radius 2 is 1.89 bits per heavy atom. The summed E-state index contributed by atoms with van der Waals surface area (Å²) in [6.07, 6.45) is 0.823. The lowest BCUT2D eigenvalue weighted by atomic mass is 10.0. The van der Waals surface area contributed by atoms with Gasteiger partial charge in [0.25, 0.3) is 0 Å². The topological polar surface area (TPSA) is 17.8 Å². The maximum absolute atomic E-state index is 14.1. The molecule has 0 spiro atoms. The lowest BCUT2D eigenvalue weighted by Gasteiger charge is -2.13. The first-order chi connectivity index (χ1) is 8.45. The zero-order chi connectivity index (χ0) is 13.4. The van der Waals surface area contributed by atoms with Gasteiger partial charge in [0.15, 0.2) is 5.82 Å². The van der Waals surface area contributed by atoms with Gasteiger partial charge in [-0.3, -0.25) is 0 Å². The number of hydrogen-bond acceptors (Lipinski definition) is 1. The Morgan fingerprint density at radius 1 is 1.22 bits per heavy atom. The van der Waals surface area contributed by atoms with Crippen molar-refractivity contribution in [3.8, 4) is 0 Å². The molecule has 0 fully saturated rings. The predicted octanol–water partition coefficient (Wildman–Crippen LogP) is 4.44. The monoisotopic (exact) mass is 248 g/mol. The summed E-state index contributed by atoms with van der Waals surface area (Å²) < 4.78 is 16.3. The highest BCUT2D eigenvalue weighted by Crippen LogP contribution is 2.27. The van der Waals surface area contributed by atoms with Gasteiger partial charge in [-0.15, -0.1) is 0 Å². The molecule has 0 atom stereocenters. The van der Waals surface area contributed by atoms with E-state index < -0.39 is 0 Å². The zero-order valence-electron chi connectivity index (χ0n) is 11.8. The number of aryl methyl sites for hydroxylation is 1. The number of fused-ring (bicyclic) bond motifs is 1. The molecule has 0 saturated carbocycles. The maximum Gasteiger partial charge on any atom is 0.151 e. The zero-order valence-corrected chi connectivity index (χ0v) is 11.8. The molecule has 2 aromatic rings. The Bertz CT molecular complexity index is 567. The minimum atomic E-state index is -0.203. The summed E-state index contributed by atoms with van der Waals surface area (Å²) in [5, 5.41) is 0. The Balaban J connectivity index is 2.79. The third-order valence-electron chi connectivity index (χ3n) is 3.34. The van der Waals surface area contributed by atoms with E-state index >= 15 is 0 Å². The first kappa shape index (κ1) is 13.1. The molecule has 3 heteroatoms. The van der Waals surface area contributed by atoms with E-state index in [2.05, 4.69) is 50.2 Å². The van der Waals surface area contributed by atoms with Crippen molar-refractivity contribution in [1.82, 2.24) is 9.55 Å². The van der Waals surface area contributed by atoms with Crippen LogP contribution in [0.3, 0.4) is 0 Å². The van der Waals surface area contributed by atoms with E-state index in [1.807, 2.05) is 0 Å². The van der Waals surface area contributed by atoms with E-state index in [1.54, 1.807) is 6.07 Å². The van der Waals surface area contributed by atoms with Gasteiger partial charge in [0.1, 0.15) is 11.3 Å². The average molecular weight is 248 g/mol. The van der Waals surface area contributed by atoms with Crippen LogP contribution in [0.25, 0.3) is 11.0 Å². The summed E-state index contributed by atoms with van der Waals surface area (Å²) in [6.45, 7) is 10.4. The van der Waals surface area contributed by atoms with Crippen molar-refractivity contribution in [3.63, 3.8) is 0 Å². The number of aromatic nitrogens is 2. The molecule has 0 saturated heterocycles. The van der Waals surface area contributed by atoms with Crippen molar-refractivity contribution in [2.45, 2.75) is 53.0 Å². The molecule has 2 nitrogen and oxygen atoms in total. The largest absolute Gasteiger partial charge is 0.325 e. The van der Waals surface area contributed by atoms with Crippen molar-refractivity contribution in [2.75, 3.05) is 0 Å². The first-order valence-electron chi connectivity index (χ1n) is 6.66. The SMILES string of the molecule is CCc1nc2c(F)cc(C(C)C)cc2n1C(C)C. The van der Waals surface area contributed by atoms with E-state index in [4.69, 9.17) is 0 Å². The van der Waals surface area contributed by atoms with Gasteiger partial charge in [-0.05, 0) is 37.5 Å². The van der Waals surface area contributed by atoms with Crippen LogP contribution in [0.5, 0.6) is 0 Å². The molecule has 0 N–H and O–H groups in total. The average Bonchev–Trinajstić information content (AvgIpc) is 2.67. The molecular formula is C15H21FN2. The number of imidazole rings is 1. The highest BCUT2D eigenvalue weighted by molar-refractivity contribution is 5.78. The van der Waals surface area contributed by atoms with E-state index in [-0.39, 0.29) is 5.82 Å². The predicted molar refractivity (Wildman–Crippen MR) is 73.5 cm³/mol. The van der Waals surface area contributed by atoms with E-state index in [0.717, 1.165) is 23.3 Å². The molecule has 0 amide bonds. The molecule has 1 aromatic carbocycles. The summed E-state index contributed by atoms with van der Waals surface area (Å²) in [6, 6.07) is 3.99. The highest BCUT2D eigenvalue weighted by atomic mass is 19.1. The molecule has 18 heavy (non-hydrogen) atoms. The summed E-state index contributed by atoms with van der Waals surface area (Å²) in [4.78, 5) is 4.44. The molecule has 0 aliphatic rings. The molecule has 1 aromatic heterocycles. The van der Waals surface area contributed by atoms with E-state index in [1.165, 1.54) is 0 Å².